The van der Waals surface area contributed by atoms with Gasteiger partial charge in [-0.25, -0.2) is 0 Å². The number of hydrogen-bond acceptors (Lipinski definition) is 3. The van der Waals surface area contributed by atoms with Crippen molar-refractivity contribution in [2.24, 2.45) is 0 Å². The second-order valence-electron chi connectivity index (χ2n) is 3.17. The zero-order chi connectivity index (χ0) is 7.90. The lowest BCUT2D eigenvalue weighted by Crippen LogP contribution is -2.46. The number of hydrogen-bond donors (Lipinski definition) is 2. The Bertz CT molecular complexity index is 218. The molecule has 0 radical (unpaired) electrons. The van der Waals surface area contributed by atoms with E-state index in [0.29, 0.717) is 6.42 Å². The van der Waals surface area contributed by atoms with E-state index in [4.69, 9.17) is 0 Å². The van der Waals surface area contributed by atoms with Gasteiger partial charge < -0.3 is 5.32 Å². The third-order valence-electron chi connectivity index (χ3n) is 2.39. The third-order valence-corrected chi connectivity index (χ3v) is 2.39. The molecule has 2 aliphatic heterocycles. The molecule has 0 aromatic rings. The first-order valence-corrected chi connectivity index (χ1v) is 3.82. The molecule has 60 valence electrons. The summed E-state index contributed by atoms with van der Waals surface area (Å²) in [5.74, 6) is -0.288. The number of imide groups is 1. The van der Waals surface area contributed by atoms with Crippen molar-refractivity contribution in [2.75, 3.05) is 6.54 Å². The fourth-order valence-electron chi connectivity index (χ4n) is 1.80. The summed E-state index contributed by atoms with van der Waals surface area (Å²) in [5, 5.41) is 5.39. The Morgan fingerprint density at radius 2 is 2.18 bits per heavy atom. The summed E-state index contributed by atoms with van der Waals surface area (Å²) in [6, 6.07) is 0. The molecular weight excluding hydrogens is 144 g/mol. The Hall–Kier alpha value is -0.900. The second-order valence-corrected chi connectivity index (χ2v) is 3.17. The van der Waals surface area contributed by atoms with Gasteiger partial charge >= 0.3 is 0 Å². The smallest absolute Gasteiger partial charge is 0.247 e. The van der Waals surface area contributed by atoms with Gasteiger partial charge in [-0.05, 0) is 19.4 Å². The Kier molecular flexibility index (Phi) is 1.26. The third kappa shape index (κ3) is 0.860. The summed E-state index contributed by atoms with van der Waals surface area (Å²) in [7, 11) is 0. The Morgan fingerprint density at radius 3 is 2.64 bits per heavy atom. The van der Waals surface area contributed by atoms with Crippen LogP contribution in [0.1, 0.15) is 19.3 Å². The van der Waals surface area contributed by atoms with E-state index in [1.165, 1.54) is 0 Å². The minimum absolute atomic E-state index is 0.139. The molecule has 2 rings (SSSR count). The summed E-state index contributed by atoms with van der Waals surface area (Å²) in [4.78, 5) is 22.1. The van der Waals surface area contributed by atoms with Crippen molar-refractivity contribution < 1.29 is 9.59 Å². The summed E-state index contributed by atoms with van der Waals surface area (Å²) in [5.41, 5.74) is -0.531. The lowest BCUT2D eigenvalue weighted by atomic mass is 9.96. The summed E-state index contributed by atoms with van der Waals surface area (Å²) in [6.45, 7) is 0.848. The van der Waals surface area contributed by atoms with Crippen LogP contribution in [0.2, 0.25) is 0 Å². The molecule has 0 aromatic heterocycles. The Labute approximate surface area is 64.3 Å². The molecule has 4 nitrogen and oxygen atoms in total. The fraction of sp³-hybridized carbons (Fsp3) is 0.714. The van der Waals surface area contributed by atoms with Crippen molar-refractivity contribution in [3.63, 3.8) is 0 Å². The normalized spacial score (nSPS) is 36.7. The van der Waals surface area contributed by atoms with Gasteiger partial charge in [-0.15, -0.1) is 0 Å². The van der Waals surface area contributed by atoms with Crippen LogP contribution < -0.4 is 10.6 Å². The summed E-state index contributed by atoms with van der Waals surface area (Å²) in [6.07, 6.45) is 2.11. The number of nitrogens with one attached hydrogen (secondary N) is 2. The van der Waals surface area contributed by atoms with Crippen LogP contribution in [-0.2, 0) is 9.59 Å². The van der Waals surface area contributed by atoms with Gasteiger partial charge in [0.15, 0.2) is 0 Å². The molecule has 2 saturated heterocycles. The SMILES string of the molecule is O=C1CC2(CCCN2)C(=O)N1. The first kappa shape index (κ1) is 6.79. The Morgan fingerprint density at radius 1 is 1.36 bits per heavy atom. The molecule has 0 aliphatic carbocycles. The maximum absolute atomic E-state index is 11.2. The largest absolute Gasteiger partial charge is 0.303 e. The van der Waals surface area contributed by atoms with Crippen LogP contribution in [0.4, 0.5) is 0 Å². The van der Waals surface area contributed by atoms with Crippen molar-refractivity contribution in [3.05, 3.63) is 0 Å². The monoisotopic (exact) mass is 154 g/mol. The van der Waals surface area contributed by atoms with Crippen LogP contribution in [-0.4, -0.2) is 23.9 Å². The first-order chi connectivity index (χ1) is 5.23. The van der Waals surface area contributed by atoms with Gasteiger partial charge in [0.2, 0.25) is 11.8 Å². The van der Waals surface area contributed by atoms with Crippen molar-refractivity contribution in [1.82, 2.24) is 10.6 Å². The minimum atomic E-state index is -0.531. The van der Waals surface area contributed by atoms with Gasteiger partial charge in [0, 0.05) is 0 Å². The molecule has 2 aliphatic rings. The van der Waals surface area contributed by atoms with Gasteiger partial charge in [-0.2, -0.15) is 0 Å². The first-order valence-electron chi connectivity index (χ1n) is 3.82. The van der Waals surface area contributed by atoms with Gasteiger partial charge in [-0.3, -0.25) is 14.9 Å². The van der Waals surface area contributed by atoms with Crippen LogP contribution in [0.15, 0.2) is 0 Å². The maximum atomic E-state index is 11.2. The molecule has 4 heteroatoms. The molecule has 2 fully saturated rings. The minimum Gasteiger partial charge on any atom is -0.303 e. The van der Waals surface area contributed by atoms with Crippen LogP contribution in [0, 0.1) is 0 Å². The number of amides is 2. The Balaban J connectivity index is 2.24. The standard InChI is InChI=1S/C7H10N2O2/c10-5-4-7(6(11)9-5)2-1-3-8-7/h8H,1-4H2,(H,9,10,11). The van der Waals surface area contributed by atoms with Crippen LogP contribution in [0.5, 0.6) is 0 Å². The highest BCUT2D eigenvalue weighted by atomic mass is 16.2. The average molecular weight is 154 g/mol. The maximum Gasteiger partial charge on any atom is 0.247 e. The van der Waals surface area contributed by atoms with E-state index in [-0.39, 0.29) is 11.8 Å². The summed E-state index contributed by atoms with van der Waals surface area (Å²) < 4.78 is 0. The molecule has 2 heterocycles. The van der Waals surface area contributed by atoms with Gasteiger partial charge in [0.25, 0.3) is 0 Å². The van der Waals surface area contributed by atoms with Crippen LogP contribution >= 0.6 is 0 Å². The van der Waals surface area contributed by atoms with E-state index < -0.39 is 5.54 Å². The van der Waals surface area contributed by atoms with Gasteiger partial charge in [-0.1, -0.05) is 0 Å². The van der Waals surface area contributed by atoms with Crippen LogP contribution in [0.3, 0.4) is 0 Å². The van der Waals surface area contributed by atoms with E-state index in [1.54, 1.807) is 0 Å². The van der Waals surface area contributed by atoms with E-state index in [1.807, 2.05) is 0 Å². The van der Waals surface area contributed by atoms with Crippen molar-refractivity contribution >= 4 is 11.8 Å². The lowest BCUT2D eigenvalue weighted by Gasteiger charge is -2.17. The highest BCUT2D eigenvalue weighted by molar-refractivity contribution is 6.08. The molecule has 2 amide bonds. The number of carbonyl (C=O) groups excluding carboxylic acids is 2. The second kappa shape index (κ2) is 2.04. The van der Waals surface area contributed by atoms with Crippen molar-refractivity contribution in [1.29, 1.82) is 0 Å². The van der Waals surface area contributed by atoms with E-state index in [9.17, 15) is 9.59 Å². The quantitative estimate of drug-likeness (QED) is 0.447. The molecule has 0 aromatic carbocycles. The predicted molar refractivity (Wildman–Crippen MR) is 37.7 cm³/mol. The molecule has 1 unspecified atom stereocenters. The van der Waals surface area contributed by atoms with E-state index >= 15 is 0 Å². The predicted octanol–water partition coefficient (Wildman–Crippen LogP) is -0.845. The van der Waals surface area contributed by atoms with Crippen LogP contribution in [0.25, 0.3) is 0 Å². The highest BCUT2D eigenvalue weighted by Gasteiger charge is 2.47. The van der Waals surface area contributed by atoms with Gasteiger partial charge in [0.05, 0.1) is 6.42 Å². The summed E-state index contributed by atoms with van der Waals surface area (Å²) >= 11 is 0. The zero-order valence-electron chi connectivity index (χ0n) is 6.14. The van der Waals surface area contributed by atoms with Crippen molar-refractivity contribution in [3.8, 4) is 0 Å². The zero-order valence-corrected chi connectivity index (χ0v) is 6.14. The lowest BCUT2D eigenvalue weighted by molar-refractivity contribution is -0.126. The van der Waals surface area contributed by atoms with Crippen molar-refractivity contribution in [2.45, 2.75) is 24.8 Å². The van der Waals surface area contributed by atoms with Gasteiger partial charge in [0.1, 0.15) is 5.54 Å². The number of carbonyl (C=O) groups is 2. The highest BCUT2D eigenvalue weighted by Crippen LogP contribution is 2.26. The molecular formula is C7H10N2O2. The molecule has 1 spiro atoms. The fourth-order valence-corrected chi connectivity index (χ4v) is 1.80. The van der Waals surface area contributed by atoms with E-state index in [2.05, 4.69) is 10.6 Å². The average Bonchev–Trinajstić information content (AvgIpc) is 2.45. The van der Waals surface area contributed by atoms with E-state index in [0.717, 1.165) is 19.4 Å². The topological polar surface area (TPSA) is 58.2 Å². The number of rotatable bonds is 0. The molecule has 11 heavy (non-hydrogen) atoms. The molecule has 1 atom stereocenters. The molecule has 0 saturated carbocycles. The molecule has 2 N–H and O–H groups in total. The molecule has 0 bridgehead atoms.